The number of benzene rings is 2. The lowest BCUT2D eigenvalue weighted by atomic mass is 9.80. The molecule has 2 aromatic carbocycles. The average molecular weight is 578 g/mol. The third-order valence-electron chi connectivity index (χ3n) is 7.25. The highest BCUT2D eigenvalue weighted by Crippen LogP contribution is 2.37. The van der Waals surface area contributed by atoms with Gasteiger partial charge in [-0.05, 0) is 55.2 Å². The van der Waals surface area contributed by atoms with Crippen molar-refractivity contribution in [2.24, 2.45) is 0 Å². The fraction of sp³-hybridized carbons (Fsp3) is 0.400. The summed E-state index contributed by atoms with van der Waals surface area (Å²) in [6.07, 6.45) is -2.13. The van der Waals surface area contributed by atoms with Gasteiger partial charge in [0.2, 0.25) is 0 Å². The first-order valence-electron chi connectivity index (χ1n) is 13.3. The molecule has 4 rings (SSSR count). The summed E-state index contributed by atoms with van der Waals surface area (Å²) in [5.74, 6) is -0.469. The van der Waals surface area contributed by atoms with Crippen LogP contribution in [-0.4, -0.2) is 41.0 Å². The van der Waals surface area contributed by atoms with Crippen LogP contribution in [-0.2, 0) is 12.0 Å². The van der Waals surface area contributed by atoms with Gasteiger partial charge in [-0.1, -0.05) is 73.3 Å². The predicted octanol–water partition coefficient (Wildman–Crippen LogP) is 7.82. The number of hydrogen-bond donors (Lipinski definition) is 1. The Hall–Kier alpha value is -3.33. The molecule has 0 bridgehead atoms. The highest BCUT2D eigenvalue weighted by atomic mass is 35.5. The Balaban J connectivity index is 1.85. The van der Waals surface area contributed by atoms with Crippen molar-refractivity contribution in [1.29, 1.82) is 0 Å². The van der Waals surface area contributed by atoms with Gasteiger partial charge in [-0.25, -0.2) is 4.79 Å². The number of rotatable bonds is 10. The second-order valence-corrected chi connectivity index (χ2v) is 10.4. The van der Waals surface area contributed by atoms with E-state index in [4.69, 9.17) is 11.6 Å². The summed E-state index contributed by atoms with van der Waals surface area (Å²) in [4.78, 5) is 20.3. The number of carbonyl (C=O) groups excluding carboxylic acids is 1. The normalized spacial score (nSPS) is 15.9. The molecule has 1 fully saturated rings. The molecule has 1 N–H and O–H groups in total. The van der Waals surface area contributed by atoms with Crippen molar-refractivity contribution >= 4 is 17.6 Å². The SMILES string of the molecule is CCN(C(=O)N[C@](Cc1ccccc1)(c1cccc(OC(F)(F)C(F)F)c1)c1ccc(Cl)cn1)C1CCCCC1. The van der Waals surface area contributed by atoms with Crippen LogP contribution >= 0.6 is 11.6 Å². The minimum atomic E-state index is -4.69. The topological polar surface area (TPSA) is 54.5 Å². The minimum absolute atomic E-state index is 0.0609. The second kappa shape index (κ2) is 12.9. The zero-order chi connectivity index (χ0) is 28.8. The van der Waals surface area contributed by atoms with Crippen molar-refractivity contribution in [2.75, 3.05) is 6.54 Å². The van der Waals surface area contributed by atoms with Gasteiger partial charge in [0.15, 0.2) is 0 Å². The lowest BCUT2D eigenvalue weighted by Gasteiger charge is -2.40. The van der Waals surface area contributed by atoms with E-state index in [1.165, 1.54) is 24.4 Å². The van der Waals surface area contributed by atoms with Crippen LogP contribution in [0.2, 0.25) is 5.02 Å². The maximum Gasteiger partial charge on any atom is 0.461 e. The Bertz CT molecular complexity index is 1260. The van der Waals surface area contributed by atoms with E-state index in [1.807, 2.05) is 37.3 Å². The maximum atomic E-state index is 14.0. The molecule has 1 heterocycles. The molecule has 0 spiro atoms. The summed E-state index contributed by atoms with van der Waals surface area (Å²) in [5, 5.41) is 3.55. The Morgan fingerprint density at radius 3 is 2.42 bits per heavy atom. The Labute approximate surface area is 236 Å². The third kappa shape index (κ3) is 6.86. The molecule has 2 amide bonds. The summed E-state index contributed by atoms with van der Waals surface area (Å²) < 4.78 is 58.0. The van der Waals surface area contributed by atoms with Gasteiger partial charge in [0, 0.05) is 25.2 Å². The third-order valence-corrected chi connectivity index (χ3v) is 7.47. The fourth-order valence-electron chi connectivity index (χ4n) is 5.29. The van der Waals surface area contributed by atoms with Crippen molar-refractivity contribution in [1.82, 2.24) is 15.2 Å². The van der Waals surface area contributed by atoms with Crippen LogP contribution in [0.15, 0.2) is 72.9 Å². The number of ether oxygens (including phenoxy) is 1. The summed E-state index contributed by atoms with van der Waals surface area (Å²) >= 11 is 6.14. The number of carbonyl (C=O) groups is 1. The lowest BCUT2D eigenvalue weighted by molar-refractivity contribution is -0.253. The molecular formula is C30H32ClF4N3O2. The van der Waals surface area contributed by atoms with Gasteiger partial charge in [0.1, 0.15) is 11.3 Å². The molecule has 0 aliphatic heterocycles. The highest BCUT2D eigenvalue weighted by molar-refractivity contribution is 6.30. The number of aromatic nitrogens is 1. The maximum absolute atomic E-state index is 14.0. The van der Waals surface area contributed by atoms with Crippen LogP contribution in [0.1, 0.15) is 55.8 Å². The van der Waals surface area contributed by atoms with Crippen LogP contribution in [0.3, 0.4) is 0 Å². The molecule has 214 valence electrons. The number of urea groups is 1. The smallest absolute Gasteiger partial charge is 0.428 e. The van der Waals surface area contributed by atoms with Crippen LogP contribution in [0.5, 0.6) is 5.75 Å². The Kier molecular flexibility index (Phi) is 9.56. The average Bonchev–Trinajstić information content (AvgIpc) is 2.94. The highest BCUT2D eigenvalue weighted by Gasteiger charge is 2.45. The summed E-state index contributed by atoms with van der Waals surface area (Å²) in [5.41, 5.74) is 0.169. The van der Waals surface area contributed by atoms with Crippen LogP contribution in [0, 0.1) is 0 Å². The number of alkyl halides is 4. The van der Waals surface area contributed by atoms with Crippen molar-refractivity contribution in [3.8, 4) is 5.75 Å². The molecule has 1 aliphatic carbocycles. The first-order valence-corrected chi connectivity index (χ1v) is 13.7. The fourth-order valence-corrected chi connectivity index (χ4v) is 5.40. The first-order chi connectivity index (χ1) is 19.1. The molecular weight excluding hydrogens is 546 g/mol. The van der Waals surface area contributed by atoms with Crippen molar-refractivity contribution < 1.29 is 27.1 Å². The molecule has 0 saturated heterocycles. The van der Waals surface area contributed by atoms with Gasteiger partial charge in [0.25, 0.3) is 0 Å². The van der Waals surface area contributed by atoms with E-state index in [0.29, 0.717) is 22.8 Å². The number of halogens is 5. The lowest BCUT2D eigenvalue weighted by Crippen LogP contribution is -2.56. The molecule has 1 aromatic heterocycles. The van der Waals surface area contributed by atoms with Crippen molar-refractivity contribution in [3.63, 3.8) is 0 Å². The standard InChI is InChI=1S/C30H32ClF4N3O2/c1-2-38(24-13-7-4-8-14-24)28(39)37-29(19-21-10-5-3-6-11-21,26-17-16-23(31)20-36-26)22-12-9-15-25(18-22)40-30(34,35)27(32)33/h3,5-6,9-12,15-18,20,24,27H,2,4,7-8,13-14,19H2,1H3,(H,37,39)/t29-/m1/s1. The van der Waals surface area contributed by atoms with Crippen LogP contribution < -0.4 is 10.1 Å². The zero-order valence-corrected chi connectivity index (χ0v) is 22.9. The molecule has 10 heteroatoms. The number of hydrogen-bond acceptors (Lipinski definition) is 3. The summed E-state index contributed by atoms with van der Waals surface area (Å²) in [6.45, 7) is 2.38. The van der Waals surface area contributed by atoms with E-state index in [2.05, 4.69) is 15.0 Å². The summed E-state index contributed by atoms with van der Waals surface area (Å²) in [7, 11) is 0. The molecule has 5 nitrogen and oxygen atoms in total. The first kappa shape index (κ1) is 29.6. The molecule has 0 unspecified atom stereocenters. The van der Waals surface area contributed by atoms with E-state index in [-0.39, 0.29) is 18.5 Å². The van der Waals surface area contributed by atoms with Crippen molar-refractivity contribution in [3.05, 3.63) is 94.8 Å². The van der Waals surface area contributed by atoms with Gasteiger partial charge in [-0.2, -0.15) is 17.6 Å². The minimum Gasteiger partial charge on any atom is -0.428 e. The van der Waals surface area contributed by atoms with E-state index in [1.54, 1.807) is 23.1 Å². The van der Waals surface area contributed by atoms with E-state index in [0.717, 1.165) is 37.7 Å². The Morgan fingerprint density at radius 2 is 1.80 bits per heavy atom. The largest absolute Gasteiger partial charge is 0.461 e. The van der Waals surface area contributed by atoms with Gasteiger partial charge in [-0.3, -0.25) is 4.98 Å². The van der Waals surface area contributed by atoms with E-state index in [9.17, 15) is 22.4 Å². The monoisotopic (exact) mass is 577 g/mol. The second-order valence-electron chi connectivity index (χ2n) is 9.93. The quantitative estimate of drug-likeness (QED) is 0.250. The van der Waals surface area contributed by atoms with Gasteiger partial charge >= 0.3 is 18.6 Å². The zero-order valence-electron chi connectivity index (χ0n) is 22.1. The van der Waals surface area contributed by atoms with Gasteiger partial charge < -0.3 is 15.0 Å². The summed E-state index contributed by atoms with van der Waals surface area (Å²) in [6, 6.07) is 17.8. The van der Waals surface area contributed by atoms with E-state index < -0.39 is 23.8 Å². The molecule has 1 aliphatic rings. The number of pyridine rings is 1. The van der Waals surface area contributed by atoms with E-state index >= 15 is 0 Å². The molecule has 3 aromatic rings. The number of nitrogens with zero attached hydrogens (tertiary/aromatic N) is 2. The van der Waals surface area contributed by atoms with Crippen LogP contribution in [0.4, 0.5) is 22.4 Å². The molecule has 0 radical (unpaired) electrons. The number of nitrogens with one attached hydrogen (secondary N) is 1. The molecule has 40 heavy (non-hydrogen) atoms. The molecule has 1 saturated carbocycles. The number of amides is 2. The van der Waals surface area contributed by atoms with Crippen LogP contribution in [0.25, 0.3) is 0 Å². The molecule has 1 atom stereocenters. The van der Waals surface area contributed by atoms with Gasteiger partial charge in [0.05, 0.1) is 10.7 Å². The van der Waals surface area contributed by atoms with Gasteiger partial charge in [-0.15, -0.1) is 0 Å². The Morgan fingerprint density at radius 1 is 1.07 bits per heavy atom. The van der Waals surface area contributed by atoms with Crippen molar-refractivity contribution in [2.45, 2.75) is 69.6 Å². The predicted molar refractivity (Wildman–Crippen MR) is 146 cm³/mol.